The van der Waals surface area contributed by atoms with Gasteiger partial charge in [0.1, 0.15) is 6.54 Å². The summed E-state index contributed by atoms with van der Waals surface area (Å²) < 4.78 is 0. The Morgan fingerprint density at radius 1 is 1.12 bits per heavy atom. The molecule has 1 atom stereocenters. The van der Waals surface area contributed by atoms with Crippen molar-refractivity contribution in [3.8, 4) is 0 Å². The topological polar surface area (TPSA) is 40.6 Å². The number of carbonyl (C=O) groups is 2. The molecule has 8 heteroatoms. The van der Waals surface area contributed by atoms with Crippen molar-refractivity contribution in [2.45, 2.75) is 38.8 Å². The summed E-state index contributed by atoms with van der Waals surface area (Å²) in [5.41, 5.74) is 1.95. The molecule has 1 aliphatic heterocycles. The van der Waals surface area contributed by atoms with Gasteiger partial charge in [-0.2, -0.15) is 0 Å². The highest BCUT2D eigenvalue weighted by Gasteiger charge is 2.35. The fraction of sp³-hybridized carbons (Fsp3) is 0.333. The van der Waals surface area contributed by atoms with E-state index in [2.05, 4.69) is 11.4 Å². The van der Waals surface area contributed by atoms with Gasteiger partial charge in [-0.25, -0.2) is 0 Å². The van der Waals surface area contributed by atoms with Gasteiger partial charge >= 0.3 is 0 Å². The standard InChI is InChI=1S/C24H24Cl2N2O2S2/c1-15(2)28(22(29)13-17-4-3-10-31-17)14-23(30)27-9-7-21-19(8-11-32-21)24(27)18-6-5-16(25)12-20(18)26/h3-6,8,10-12,15,24H,7,9,13-14H2,1-2H3. The number of carbonyl (C=O) groups excluding carboxylic acids is 2. The van der Waals surface area contributed by atoms with E-state index in [0.29, 0.717) is 23.0 Å². The lowest BCUT2D eigenvalue weighted by atomic mass is 9.93. The fourth-order valence-electron chi connectivity index (χ4n) is 4.10. The first-order chi connectivity index (χ1) is 15.3. The Labute approximate surface area is 206 Å². The van der Waals surface area contributed by atoms with E-state index in [1.807, 2.05) is 42.3 Å². The van der Waals surface area contributed by atoms with Crippen LogP contribution in [0.15, 0.2) is 47.2 Å². The molecule has 0 spiro atoms. The number of thiophene rings is 2. The van der Waals surface area contributed by atoms with E-state index < -0.39 is 0 Å². The van der Waals surface area contributed by atoms with Crippen molar-refractivity contribution in [3.05, 3.63) is 78.1 Å². The summed E-state index contributed by atoms with van der Waals surface area (Å²) in [5, 5.41) is 5.11. The van der Waals surface area contributed by atoms with Gasteiger partial charge in [-0.05, 0) is 66.4 Å². The summed E-state index contributed by atoms with van der Waals surface area (Å²) in [5.74, 6) is -0.115. The lowest BCUT2D eigenvalue weighted by Crippen LogP contribution is -2.49. The lowest BCUT2D eigenvalue weighted by molar-refractivity contribution is -0.142. The second kappa shape index (κ2) is 9.96. The molecule has 3 aromatic rings. The first-order valence-electron chi connectivity index (χ1n) is 10.5. The molecule has 4 nitrogen and oxygen atoms in total. The van der Waals surface area contributed by atoms with E-state index in [1.54, 1.807) is 39.7 Å². The third-order valence-electron chi connectivity index (χ3n) is 5.70. The van der Waals surface area contributed by atoms with Crippen molar-refractivity contribution in [1.29, 1.82) is 0 Å². The molecule has 2 amide bonds. The Hall–Kier alpha value is -1.86. The second-order valence-corrected chi connectivity index (χ2v) is 11.0. The average molecular weight is 508 g/mol. The van der Waals surface area contributed by atoms with Crippen LogP contribution in [0.4, 0.5) is 0 Å². The molecule has 1 unspecified atom stereocenters. The van der Waals surface area contributed by atoms with Gasteiger partial charge < -0.3 is 9.80 Å². The van der Waals surface area contributed by atoms with Gasteiger partial charge in [-0.15, -0.1) is 22.7 Å². The molecule has 0 fully saturated rings. The average Bonchev–Trinajstić information content (AvgIpc) is 3.43. The predicted molar refractivity (Wildman–Crippen MR) is 133 cm³/mol. The minimum absolute atomic E-state index is 0.0369. The lowest BCUT2D eigenvalue weighted by Gasteiger charge is -2.38. The van der Waals surface area contributed by atoms with Gasteiger partial charge in [0, 0.05) is 32.4 Å². The summed E-state index contributed by atoms with van der Waals surface area (Å²) >= 11 is 16.0. The van der Waals surface area contributed by atoms with Crippen LogP contribution in [0.1, 0.15) is 40.8 Å². The molecule has 0 bridgehead atoms. The smallest absolute Gasteiger partial charge is 0.243 e. The summed E-state index contributed by atoms with van der Waals surface area (Å²) in [6.45, 7) is 4.52. The van der Waals surface area contributed by atoms with Gasteiger partial charge in [0.2, 0.25) is 11.8 Å². The van der Waals surface area contributed by atoms with Crippen LogP contribution in [-0.4, -0.2) is 40.7 Å². The highest BCUT2D eigenvalue weighted by Crippen LogP contribution is 2.41. The van der Waals surface area contributed by atoms with Gasteiger partial charge in [-0.1, -0.05) is 35.3 Å². The van der Waals surface area contributed by atoms with Gasteiger partial charge in [0.05, 0.1) is 12.5 Å². The van der Waals surface area contributed by atoms with Crippen LogP contribution >= 0.6 is 45.9 Å². The highest BCUT2D eigenvalue weighted by atomic mass is 35.5. The van der Waals surface area contributed by atoms with Crippen LogP contribution in [0.2, 0.25) is 10.0 Å². The summed E-state index contributed by atoms with van der Waals surface area (Å²) in [4.78, 5) is 32.4. The SMILES string of the molecule is CC(C)N(CC(=O)N1CCc2sccc2C1c1ccc(Cl)cc1Cl)C(=O)Cc1cccs1. The van der Waals surface area contributed by atoms with Crippen molar-refractivity contribution in [2.75, 3.05) is 13.1 Å². The number of nitrogens with zero attached hydrogens (tertiary/aromatic N) is 2. The third-order valence-corrected chi connectivity index (χ3v) is 8.13. The first-order valence-corrected chi connectivity index (χ1v) is 13.0. The van der Waals surface area contributed by atoms with Crippen LogP contribution in [0.25, 0.3) is 0 Å². The Morgan fingerprint density at radius 2 is 1.94 bits per heavy atom. The molecule has 0 N–H and O–H groups in total. The molecule has 0 aliphatic carbocycles. The Balaban J connectivity index is 1.61. The second-order valence-electron chi connectivity index (χ2n) is 8.08. The summed E-state index contributed by atoms with van der Waals surface area (Å²) in [6, 6.07) is 11.0. The van der Waals surface area contributed by atoms with Crippen molar-refractivity contribution in [1.82, 2.24) is 9.80 Å². The van der Waals surface area contributed by atoms with E-state index in [-0.39, 0.29) is 30.4 Å². The minimum Gasteiger partial charge on any atom is -0.331 e. The number of fused-ring (bicyclic) bond motifs is 1. The van der Waals surface area contributed by atoms with Gasteiger partial charge in [-0.3, -0.25) is 9.59 Å². The van der Waals surface area contributed by atoms with E-state index in [9.17, 15) is 9.59 Å². The number of hydrogen-bond acceptors (Lipinski definition) is 4. The molecule has 1 aliphatic rings. The van der Waals surface area contributed by atoms with Crippen molar-refractivity contribution in [2.24, 2.45) is 0 Å². The molecule has 4 rings (SSSR count). The Kier molecular flexibility index (Phi) is 7.25. The molecule has 168 valence electrons. The van der Waals surface area contributed by atoms with E-state index >= 15 is 0 Å². The van der Waals surface area contributed by atoms with Crippen molar-refractivity contribution >= 4 is 57.7 Å². The predicted octanol–water partition coefficient (Wildman–Crippen LogP) is 6.07. The van der Waals surface area contributed by atoms with Crippen molar-refractivity contribution < 1.29 is 9.59 Å². The largest absolute Gasteiger partial charge is 0.331 e. The maximum atomic E-state index is 13.6. The molecular weight excluding hydrogens is 483 g/mol. The van der Waals surface area contributed by atoms with Crippen LogP contribution in [-0.2, 0) is 22.4 Å². The monoisotopic (exact) mass is 506 g/mol. The first kappa shape index (κ1) is 23.3. The number of benzene rings is 1. The Bertz CT molecular complexity index is 1110. The molecule has 0 saturated heterocycles. The van der Waals surface area contributed by atoms with E-state index in [1.165, 1.54) is 4.88 Å². The van der Waals surface area contributed by atoms with Gasteiger partial charge in [0.25, 0.3) is 0 Å². The van der Waals surface area contributed by atoms with Crippen LogP contribution in [0.5, 0.6) is 0 Å². The van der Waals surface area contributed by atoms with Crippen LogP contribution in [0, 0.1) is 0 Å². The summed E-state index contributed by atoms with van der Waals surface area (Å²) in [6.07, 6.45) is 1.11. The molecule has 0 saturated carbocycles. The fourth-order valence-corrected chi connectivity index (χ4v) is 6.21. The van der Waals surface area contributed by atoms with E-state index in [0.717, 1.165) is 22.4 Å². The molecule has 32 heavy (non-hydrogen) atoms. The number of rotatable bonds is 6. The molecule has 3 heterocycles. The normalized spacial score (nSPS) is 15.7. The molecule has 0 radical (unpaired) electrons. The maximum absolute atomic E-state index is 13.6. The Morgan fingerprint density at radius 3 is 2.62 bits per heavy atom. The van der Waals surface area contributed by atoms with Crippen LogP contribution < -0.4 is 0 Å². The number of halogens is 2. The maximum Gasteiger partial charge on any atom is 0.243 e. The third kappa shape index (κ3) is 4.88. The van der Waals surface area contributed by atoms with E-state index in [4.69, 9.17) is 23.2 Å². The summed E-state index contributed by atoms with van der Waals surface area (Å²) in [7, 11) is 0. The molecular formula is C24H24Cl2N2O2S2. The zero-order chi connectivity index (χ0) is 22.8. The zero-order valence-corrected chi connectivity index (χ0v) is 21.0. The quantitative estimate of drug-likeness (QED) is 0.406. The van der Waals surface area contributed by atoms with Gasteiger partial charge in [0.15, 0.2) is 0 Å². The highest BCUT2D eigenvalue weighted by molar-refractivity contribution is 7.10. The minimum atomic E-state index is -0.288. The molecule has 1 aromatic carbocycles. The molecule has 2 aromatic heterocycles. The number of hydrogen-bond donors (Lipinski definition) is 0. The van der Waals surface area contributed by atoms with Crippen molar-refractivity contribution in [3.63, 3.8) is 0 Å². The zero-order valence-electron chi connectivity index (χ0n) is 17.9. The van der Waals surface area contributed by atoms with Crippen LogP contribution in [0.3, 0.4) is 0 Å². The number of amides is 2.